The van der Waals surface area contributed by atoms with E-state index in [9.17, 15) is 19.5 Å². The molecular formula is C44H48N4O5. The van der Waals surface area contributed by atoms with Gasteiger partial charge in [-0.1, -0.05) is 133 Å². The summed E-state index contributed by atoms with van der Waals surface area (Å²) in [6.07, 6.45) is 0.588. The van der Waals surface area contributed by atoms with Crippen LogP contribution in [0, 0.1) is 6.92 Å². The van der Waals surface area contributed by atoms with Crippen molar-refractivity contribution in [1.82, 2.24) is 10.6 Å². The molecule has 0 fully saturated rings. The number of amides is 2. The van der Waals surface area contributed by atoms with Crippen molar-refractivity contribution < 1.29 is 24.2 Å². The first-order chi connectivity index (χ1) is 25.7. The summed E-state index contributed by atoms with van der Waals surface area (Å²) in [6.45, 7) is 2.70. The van der Waals surface area contributed by atoms with Crippen molar-refractivity contribution in [3.63, 3.8) is 0 Å². The minimum absolute atomic E-state index is 0.326. The minimum Gasteiger partial charge on any atom is -0.467 e. The molecule has 2 amide bonds. The van der Waals surface area contributed by atoms with E-state index in [4.69, 9.17) is 5.73 Å². The van der Waals surface area contributed by atoms with E-state index in [1.807, 2.05) is 66.7 Å². The Kier molecular flexibility index (Phi) is 13.7. The summed E-state index contributed by atoms with van der Waals surface area (Å²) in [4.78, 5) is 38.8. The maximum Gasteiger partial charge on any atom is 0.339 e. The zero-order valence-electron chi connectivity index (χ0n) is 30.2. The molecule has 53 heavy (non-hydrogen) atoms. The van der Waals surface area contributed by atoms with Gasteiger partial charge >= 0.3 is 5.97 Å². The molecule has 5 rings (SSSR count). The number of rotatable bonds is 17. The molecule has 0 heterocycles. The quantitative estimate of drug-likeness (QED) is 0.0456. The van der Waals surface area contributed by atoms with Crippen LogP contribution in [-0.4, -0.2) is 48.6 Å². The average Bonchev–Trinajstić information content (AvgIpc) is 3.20. The van der Waals surface area contributed by atoms with E-state index in [2.05, 4.69) is 76.1 Å². The molecule has 0 aromatic heterocycles. The van der Waals surface area contributed by atoms with Crippen molar-refractivity contribution in [3.05, 3.63) is 173 Å². The number of nitrogens with one attached hydrogen (secondary N) is 3. The maximum absolute atomic E-state index is 13.7. The molecule has 9 heteroatoms. The third kappa shape index (κ3) is 10.0. The number of hydrogen-bond acceptors (Lipinski definition) is 7. The number of nitrogens with two attached hydrogens (primary N) is 1. The molecule has 5 aromatic carbocycles. The van der Waals surface area contributed by atoms with Crippen LogP contribution in [0.1, 0.15) is 58.7 Å². The van der Waals surface area contributed by atoms with Gasteiger partial charge in [-0.05, 0) is 79.1 Å². The van der Waals surface area contributed by atoms with Gasteiger partial charge in [0.2, 0.25) is 11.8 Å². The van der Waals surface area contributed by atoms with Gasteiger partial charge in [0.05, 0.1) is 18.7 Å². The van der Waals surface area contributed by atoms with E-state index >= 15 is 0 Å². The lowest BCUT2D eigenvalue weighted by molar-refractivity contribution is -0.150. The number of benzene rings is 5. The van der Waals surface area contributed by atoms with Crippen molar-refractivity contribution in [2.24, 2.45) is 5.73 Å². The highest BCUT2D eigenvalue weighted by Crippen LogP contribution is 2.37. The summed E-state index contributed by atoms with van der Waals surface area (Å²) in [5.74, 6) is -1.60. The Labute approximate surface area is 311 Å². The molecule has 0 spiro atoms. The minimum atomic E-state index is -1.44. The number of anilines is 1. The van der Waals surface area contributed by atoms with E-state index in [1.165, 1.54) is 24.8 Å². The van der Waals surface area contributed by atoms with Gasteiger partial charge in [-0.3, -0.25) is 14.9 Å². The highest BCUT2D eigenvalue weighted by Gasteiger charge is 2.35. The monoisotopic (exact) mass is 712 g/mol. The second kappa shape index (κ2) is 18.8. The summed E-state index contributed by atoms with van der Waals surface area (Å²) in [6, 6.07) is 43.4. The van der Waals surface area contributed by atoms with Crippen LogP contribution in [0.4, 0.5) is 5.69 Å². The lowest BCUT2D eigenvalue weighted by atomic mass is 9.76. The van der Waals surface area contributed by atoms with Crippen LogP contribution in [0.2, 0.25) is 0 Å². The first-order valence-corrected chi connectivity index (χ1v) is 17.9. The van der Waals surface area contributed by atoms with E-state index in [1.54, 1.807) is 12.1 Å². The molecule has 0 saturated heterocycles. The van der Waals surface area contributed by atoms with Gasteiger partial charge in [0.25, 0.3) is 0 Å². The lowest BCUT2D eigenvalue weighted by Crippen LogP contribution is -2.50. The molecule has 0 bridgehead atoms. The Morgan fingerprint density at radius 1 is 0.717 bits per heavy atom. The van der Waals surface area contributed by atoms with E-state index in [-0.39, 0.29) is 0 Å². The summed E-state index contributed by atoms with van der Waals surface area (Å²) in [5, 5.41) is 19.8. The Balaban J connectivity index is 1.31. The predicted octanol–water partition coefficient (Wildman–Crippen LogP) is 5.95. The van der Waals surface area contributed by atoms with E-state index < -0.39 is 41.5 Å². The highest BCUT2D eigenvalue weighted by atomic mass is 16.5. The fourth-order valence-corrected chi connectivity index (χ4v) is 6.47. The zero-order chi connectivity index (χ0) is 37.6. The van der Waals surface area contributed by atoms with Gasteiger partial charge in [0.15, 0.2) is 6.10 Å². The van der Waals surface area contributed by atoms with Gasteiger partial charge in [-0.15, -0.1) is 0 Å². The van der Waals surface area contributed by atoms with Gasteiger partial charge < -0.3 is 26.2 Å². The van der Waals surface area contributed by atoms with E-state index in [0.717, 1.165) is 22.3 Å². The normalized spacial score (nSPS) is 13.0. The van der Waals surface area contributed by atoms with Gasteiger partial charge in [0.1, 0.15) is 6.04 Å². The van der Waals surface area contributed by atoms with Crippen LogP contribution >= 0.6 is 0 Å². The molecule has 0 aliphatic heterocycles. The molecule has 0 aliphatic carbocycles. The maximum atomic E-state index is 13.7. The largest absolute Gasteiger partial charge is 0.467 e. The smallest absolute Gasteiger partial charge is 0.339 e. The summed E-state index contributed by atoms with van der Waals surface area (Å²) in [7, 11) is 1.20. The molecular weight excluding hydrogens is 665 g/mol. The first kappa shape index (κ1) is 38.6. The van der Waals surface area contributed by atoms with Crippen molar-refractivity contribution in [2.45, 2.75) is 56.3 Å². The number of esters is 1. The Morgan fingerprint density at radius 3 is 1.83 bits per heavy atom. The Morgan fingerprint density at radius 2 is 1.26 bits per heavy atom. The van der Waals surface area contributed by atoms with Crippen molar-refractivity contribution in [1.29, 1.82) is 0 Å². The van der Waals surface area contributed by atoms with Crippen LogP contribution in [-0.2, 0) is 31.1 Å². The number of carbonyl (C=O) groups excluding carboxylic acids is 3. The third-order valence-corrected chi connectivity index (χ3v) is 9.39. The van der Waals surface area contributed by atoms with Gasteiger partial charge in [-0.2, -0.15) is 0 Å². The van der Waals surface area contributed by atoms with Crippen molar-refractivity contribution in [2.75, 3.05) is 19.0 Å². The summed E-state index contributed by atoms with van der Waals surface area (Å²) < 4.78 is 4.62. The van der Waals surface area contributed by atoms with Crippen LogP contribution in [0.25, 0.3) is 0 Å². The zero-order valence-corrected chi connectivity index (χ0v) is 30.2. The number of aryl methyl sites for hydroxylation is 1. The SMILES string of the molecule is COC(=O)C(O)c1ccc(NC(=O)[C@H](CCCCNC(c2ccccc2)(c2ccccc2)c2ccc(C)cc2)NC(=O)[C@@H](N)Cc2ccccc2)cc1. The van der Waals surface area contributed by atoms with Crippen LogP contribution in [0.15, 0.2) is 140 Å². The molecule has 9 nitrogen and oxygen atoms in total. The molecule has 0 aliphatic rings. The first-order valence-electron chi connectivity index (χ1n) is 17.9. The van der Waals surface area contributed by atoms with Crippen LogP contribution in [0.5, 0.6) is 0 Å². The fourth-order valence-electron chi connectivity index (χ4n) is 6.47. The van der Waals surface area contributed by atoms with Gasteiger partial charge in [0, 0.05) is 5.69 Å². The number of aliphatic hydroxyl groups excluding tert-OH is 1. The number of ether oxygens (including phenoxy) is 1. The number of carbonyl (C=O) groups is 3. The van der Waals surface area contributed by atoms with Crippen molar-refractivity contribution >= 4 is 23.5 Å². The third-order valence-electron chi connectivity index (χ3n) is 9.39. The summed E-state index contributed by atoms with van der Waals surface area (Å²) >= 11 is 0. The number of unbranched alkanes of at least 4 members (excludes halogenated alkanes) is 1. The molecule has 0 saturated carbocycles. The second-order valence-electron chi connectivity index (χ2n) is 13.2. The molecule has 274 valence electrons. The molecule has 5 aromatic rings. The number of hydrogen-bond donors (Lipinski definition) is 5. The average molecular weight is 713 g/mol. The standard InChI is InChI=1S/C44H48N4O5/c1-31-21-25-36(26-22-31)44(34-16-8-4-9-17-34,35-18-10-5-11-19-35)46-29-13-12-20-39(48-41(50)38(45)30-32-14-6-3-7-15-32)42(51)47-37-27-23-33(24-28-37)40(49)43(52)53-2/h3-11,14-19,21-28,38-40,46,49H,12-13,20,29-30,45H2,1-2H3,(H,47,51)(H,48,50)/t38-,39-,40?/m0/s1. The molecule has 1 unspecified atom stereocenters. The summed E-state index contributed by atoms with van der Waals surface area (Å²) in [5.41, 5.74) is 11.9. The van der Waals surface area contributed by atoms with E-state index in [0.29, 0.717) is 43.5 Å². The highest BCUT2D eigenvalue weighted by molar-refractivity contribution is 5.98. The van der Waals surface area contributed by atoms with Crippen LogP contribution in [0.3, 0.4) is 0 Å². The van der Waals surface area contributed by atoms with Gasteiger partial charge in [-0.25, -0.2) is 4.79 Å². The Hall–Kier alpha value is -5.61. The molecule has 3 atom stereocenters. The fraction of sp³-hybridized carbons (Fsp3) is 0.250. The predicted molar refractivity (Wildman–Crippen MR) is 208 cm³/mol. The van der Waals surface area contributed by atoms with Crippen LogP contribution < -0.4 is 21.7 Å². The number of methoxy groups -OCH3 is 1. The molecule has 6 N–H and O–H groups in total. The second-order valence-corrected chi connectivity index (χ2v) is 13.2. The van der Waals surface area contributed by atoms with Crippen molar-refractivity contribution in [3.8, 4) is 0 Å². The topological polar surface area (TPSA) is 143 Å². The lowest BCUT2D eigenvalue weighted by Gasteiger charge is -2.37. The molecule has 0 radical (unpaired) electrons. The number of aliphatic hydroxyl groups is 1. The Bertz CT molecular complexity index is 1860.